The molecule has 4 aromatic carbocycles. The molecule has 0 saturated heterocycles. The van der Waals surface area contributed by atoms with Crippen molar-refractivity contribution < 1.29 is 0 Å². The second-order valence-electron chi connectivity index (χ2n) is 12.3. The van der Waals surface area contributed by atoms with Crippen molar-refractivity contribution in [1.82, 2.24) is 19.9 Å². The molecular formula is C37H37N5S. The van der Waals surface area contributed by atoms with Gasteiger partial charge in [-0.1, -0.05) is 64.5 Å². The first kappa shape index (κ1) is 27.5. The summed E-state index contributed by atoms with van der Waals surface area (Å²) in [6.07, 6.45) is 4.60. The normalized spacial score (nSPS) is 13.0. The van der Waals surface area contributed by atoms with Crippen LogP contribution in [0.2, 0.25) is 0 Å². The van der Waals surface area contributed by atoms with Gasteiger partial charge in [0.2, 0.25) is 0 Å². The molecular weight excluding hydrogens is 547 g/mol. The molecule has 5 nitrogen and oxygen atoms in total. The van der Waals surface area contributed by atoms with E-state index in [1.807, 2.05) is 11.3 Å². The maximum absolute atomic E-state index is 4.84. The number of rotatable bonds is 6. The molecule has 0 bridgehead atoms. The van der Waals surface area contributed by atoms with E-state index in [2.05, 4.69) is 107 Å². The SMILES string of the molecule is CC/C(C)=C(/Nc1c(C)c2nccnc2c2cc(-c3ccc4c(c3)sc3cc5nc(C(C)C)[nH]c5cc34)ccc12)C(C)C. The average molecular weight is 584 g/mol. The number of anilines is 1. The maximum Gasteiger partial charge on any atom is 0.109 e. The molecule has 0 radical (unpaired) electrons. The second-order valence-corrected chi connectivity index (χ2v) is 13.4. The minimum absolute atomic E-state index is 0.375. The van der Waals surface area contributed by atoms with Crippen LogP contribution in [0.5, 0.6) is 0 Å². The average Bonchev–Trinajstić information content (AvgIpc) is 3.59. The van der Waals surface area contributed by atoms with Crippen LogP contribution in [-0.2, 0) is 0 Å². The summed E-state index contributed by atoms with van der Waals surface area (Å²) in [5.41, 5.74) is 11.3. The Hall–Kier alpha value is -4.29. The van der Waals surface area contributed by atoms with E-state index in [0.29, 0.717) is 11.8 Å². The Kier molecular flexibility index (Phi) is 6.70. The van der Waals surface area contributed by atoms with E-state index in [0.717, 1.165) is 50.9 Å². The number of aromatic amines is 1. The van der Waals surface area contributed by atoms with Crippen molar-refractivity contribution in [3.05, 3.63) is 83.6 Å². The van der Waals surface area contributed by atoms with Crippen LogP contribution < -0.4 is 5.32 Å². The quantitative estimate of drug-likeness (QED) is 0.191. The van der Waals surface area contributed by atoms with Gasteiger partial charge in [-0.15, -0.1) is 11.3 Å². The highest BCUT2D eigenvalue weighted by Crippen LogP contribution is 2.41. The van der Waals surface area contributed by atoms with Crippen molar-refractivity contribution in [2.24, 2.45) is 5.92 Å². The van der Waals surface area contributed by atoms with Crippen LogP contribution >= 0.6 is 11.3 Å². The summed E-state index contributed by atoms with van der Waals surface area (Å²) in [6.45, 7) is 15.4. The first-order chi connectivity index (χ1) is 20.7. The molecule has 0 aliphatic heterocycles. The van der Waals surface area contributed by atoms with Gasteiger partial charge >= 0.3 is 0 Å². The highest BCUT2D eigenvalue weighted by Gasteiger charge is 2.18. The number of benzene rings is 4. The zero-order valence-corrected chi connectivity index (χ0v) is 26.7. The molecule has 3 aromatic heterocycles. The molecule has 43 heavy (non-hydrogen) atoms. The Morgan fingerprint density at radius 3 is 2.26 bits per heavy atom. The number of H-pyrrole nitrogens is 1. The van der Waals surface area contributed by atoms with E-state index in [9.17, 15) is 0 Å². The monoisotopic (exact) mass is 583 g/mol. The summed E-state index contributed by atoms with van der Waals surface area (Å²) in [4.78, 5) is 18.0. The Bertz CT molecular complexity index is 2230. The zero-order chi connectivity index (χ0) is 30.0. The van der Waals surface area contributed by atoms with Gasteiger partial charge in [-0.2, -0.15) is 0 Å². The minimum atomic E-state index is 0.375. The van der Waals surface area contributed by atoms with Crippen LogP contribution in [0.4, 0.5) is 5.69 Å². The number of nitrogens with zero attached hydrogens (tertiary/aromatic N) is 3. The van der Waals surface area contributed by atoms with Gasteiger partial charge in [0, 0.05) is 60.5 Å². The van der Waals surface area contributed by atoms with Crippen LogP contribution in [0.3, 0.4) is 0 Å². The van der Waals surface area contributed by atoms with Gasteiger partial charge in [-0.25, -0.2) is 4.98 Å². The number of imidazole rings is 1. The number of aromatic nitrogens is 4. The van der Waals surface area contributed by atoms with Crippen molar-refractivity contribution in [1.29, 1.82) is 0 Å². The summed E-state index contributed by atoms with van der Waals surface area (Å²) in [5, 5.41) is 8.70. The van der Waals surface area contributed by atoms with Gasteiger partial charge in [0.1, 0.15) is 5.82 Å². The van der Waals surface area contributed by atoms with Crippen LogP contribution in [0.25, 0.3) is 64.1 Å². The van der Waals surface area contributed by atoms with Crippen molar-refractivity contribution in [2.75, 3.05) is 5.32 Å². The van der Waals surface area contributed by atoms with E-state index >= 15 is 0 Å². The third-order valence-corrected chi connectivity index (χ3v) is 9.89. The number of nitrogens with one attached hydrogen (secondary N) is 2. The van der Waals surface area contributed by atoms with Gasteiger partial charge in [-0.3, -0.25) is 9.97 Å². The maximum atomic E-state index is 4.84. The third-order valence-electron chi connectivity index (χ3n) is 8.77. The lowest BCUT2D eigenvalue weighted by molar-refractivity contribution is 0.753. The summed E-state index contributed by atoms with van der Waals surface area (Å²) in [6, 6.07) is 18.1. The minimum Gasteiger partial charge on any atom is -0.358 e. The Balaban J connectivity index is 1.38. The van der Waals surface area contributed by atoms with Crippen LogP contribution in [0, 0.1) is 12.8 Å². The standard InChI is InChI=1S/C37H37N5S/c1-8-21(6)33(19(2)3)42-34-22(7)35-36(39-14-13-38-35)28-15-23(10-12-26(28)34)24-9-11-25-27-17-29-30(41-37(40-29)20(4)5)18-32(27)43-31(25)16-24/h9-20,42H,8H2,1-7H3,(H,40,41)/b33-21+. The third kappa shape index (κ3) is 4.56. The van der Waals surface area contributed by atoms with Crippen molar-refractivity contribution in [3.8, 4) is 11.1 Å². The summed E-state index contributed by atoms with van der Waals surface area (Å²) in [7, 11) is 0. The fraction of sp³-hybridized carbons (Fsp3) is 0.270. The smallest absolute Gasteiger partial charge is 0.109 e. The lowest BCUT2D eigenvalue weighted by atomic mass is 9.95. The first-order valence-electron chi connectivity index (χ1n) is 15.2. The molecule has 0 fully saturated rings. The molecule has 6 heteroatoms. The van der Waals surface area contributed by atoms with E-state index in [4.69, 9.17) is 15.0 Å². The molecule has 7 aromatic rings. The second kappa shape index (κ2) is 10.5. The van der Waals surface area contributed by atoms with Gasteiger partial charge in [0.15, 0.2) is 0 Å². The highest BCUT2D eigenvalue weighted by molar-refractivity contribution is 7.25. The predicted molar refractivity (Wildman–Crippen MR) is 185 cm³/mol. The largest absolute Gasteiger partial charge is 0.358 e. The topological polar surface area (TPSA) is 66.5 Å². The summed E-state index contributed by atoms with van der Waals surface area (Å²) in [5.74, 6) is 1.80. The molecule has 0 aliphatic rings. The molecule has 0 unspecified atom stereocenters. The van der Waals surface area contributed by atoms with Crippen LogP contribution in [0.1, 0.15) is 65.3 Å². The van der Waals surface area contributed by atoms with Crippen molar-refractivity contribution >= 4 is 70.0 Å². The molecule has 0 atom stereocenters. The lowest BCUT2D eigenvalue weighted by Gasteiger charge is -2.22. The van der Waals surface area contributed by atoms with Crippen LogP contribution in [0.15, 0.2) is 72.2 Å². The van der Waals surface area contributed by atoms with E-state index < -0.39 is 0 Å². The van der Waals surface area contributed by atoms with Gasteiger partial charge < -0.3 is 10.3 Å². The van der Waals surface area contributed by atoms with E-state index in [1.54, 1.807) is 12.4 Å². The molecule has 3 heterocycles. The predicted octanol–water partition coefficient (Wildman–Crippen LogP) is 10.9. The van der Waals surface area contributed by atoms with Crippen molar-refractivity contribution in [3.63, 3.8) is 0 Å². The Labute approximate surface area is 256 Å². The Morgan fingerprint density at radius 1 is 0.837 bits per heavy atom. The molecule has 0 saturated carbocycles. The summed E-state index contributed by atoms with van der Waals surface area (Å²) < 4.78 is 2.55. The van der Waals surface area contributed by atoms with Crippen molar-refractivity contribution in [2.45, 2.75) is 60.8 Å². The zero-order valence-electron chi connectivity index (χ0n) is 25.9. The number of aryl methyl sites for hydroxylation is 1. The first-order valence-corrected chi connectivity index (χ1v) is 16.0. The number of hydrogen-bond donors (Lipinski definition) is 2. The number of thiophene rings is 1. The van der Waals surface area contributed by atoms with Gasteiger partial charge in [-0.05, 0) is 61.6 Å². The molecule has 0 aliphatic carbocycles. The number of allylic oxidation sites excluding steroid dienone is 2. The number of fused-ring (bicyclic) bond motifs is 7. The molecule has 216 valence electrons. The van der Waals surface area contributed by atoms with Crippen LogP contribution in [-0.4, -0.2) is 19.9 Å². The van der Waals surface area contributed by atoms with Gasteiger partial charge in [0.25, 0.3) is 0 Å². The van der Waals surface area contributed by atoms with E-state index in [-0.39, 0.29) is 0 Å². The Morgan fingerprint density at radius 2 is 1.53 bits per heavy atom. The molecule has 7 rings (SSSR count). The summed E-state index contributed by atoms with van der Waals surface area (Å²) >= 11 is 1.84. The molecule has 0 spiro atoms. The molecule has 0 amide bonds. The van der Waals surface area contributed by atoms with Gasteiger partial charge in [0.05, 0.1) is 27.8 Å². The number of hydrogen-bond acceptors (Lipinski definition) is 5. The lowest BCUT2D eigenvalue weighted by Crippen LogP contribution is -2.11. The fourth-order valence-corrected chi connectivity index (χ4v) is 7.41. The highest BCUT2D eigenvalue weighted by atomic mass is 32.1. The van der Waals surface area contributed by atoms with E-state index in [1.165, 1.54) is 48.0 Å². The molecule has 2 N–H and O–H groups in total. The fourth-order valence-electron chi connectivity index (χ4n) is 6.25.